The Labute approximate surface area is 104 Å². The Hall–Kier alpha value is -0.650. The number of hydrogen-bond acceptors (Lipinski definition) is 4. The smallest absolute Gasteiger partial charge is 0.240 e. The molecule has 5 heteroatoms. The highest BCUT2D eigenvalue weighted by Gasteiger charge is 2.33. The maximum atomic E-state index is 12.0. The molecular formula is C12H25N3O2. The van der Waals surface area contributed by atoms with Crippen LogP contribution in [-0.4, -0.2) is 72.7 Å². The van der Waals surface area contributed by atoms with Gasteiger partial charge in [0.2, 0.25) is 5.91 Å². The first-order valence-electron chi connectivity index (χ1n) is 6.25. The van der Waals surface area contributed by atoms with Crippen LogP contribution in [0.25, 0.3) is 0 Å². The summed E-state index contributed by atoms with van der Waals surface area (Å²) in [5.41, 5.74) is -0.720. The van der Waals surface area contributed by atoms with Gasteiger partial charge in [-0.15, -0.1) is 0 Å². The maximum Gasteiger partial charge on any atom is 0.240 e. The van der Waals surface area contributed by atoms with Crippen LogP contribution >= 0.6 is 0 Å². The van der Waals surface area contributed by atoms with Crippen molar-refractivity contribution in [3.05, 3.63) is 0 Å². The fourth-order valence-corrected chi connectivity index (χ4v) is 2.03. The molecule has 1 rings (SSSR count). The Kier molecular flexibility index (Phi) is 4.91. The van der Waals surface area contributed by atoms with Crippen LogP contribution in [0.5, 0.6) is 0 Å². The Morgan fingerprint density at radius 3 is 2.76 bits per heavy atom. The second-order valence-electron chi connectivity index (χ2n) is 5.27. The number of nitrogens with one attached hydrogen (secondary N) is 1. The lowest BCUT2D eigenvalue weighted by atomic mass is 10.0. The molecule has 1 amide bonds. The van der Waals surface area contributed by atoms with Crippen molar-refractivity contribution in [2.24, 2.45) is 0 Å². The SMILES string of the molecule is CCC(C)(O)CN1CCNCC1C(=O)N(C)C. The summed E-state index contributed by atoms with van der Waals surface area (Å²) in [5.74, 6) is 0.101. The molecule has 100 valence electrons. The van der Waals surface area contributed by atoms with Crippen molar-refractivity contribution < 1.29 is 9.90 Å². The van der Waals surface area contributed by atoms with Crippen LogP contribution in [-0.2, 0) is 4.79 Å². The van der Waals surface area contributed by atoms with Gasteiger partial charge in [0, 0.05) is 40.3 Å². The molecule has 1 aliphatic heterocycles. The number of β-amino-alcohol motifs (C(OH)–C–C–N with tert-alkyl or cyclic N) is 1. The average molecular weight is 243 g/mol. The molecule has 2 atom stereocenters. The number of carbonyl (C=O) groups is 1. The van der Waals surface area contributed by atoms with Gasteiger partial charge in [0.1, 0.15) is 6.04 Å². The van der Waals surface area contributed by atoms with Crippen LogP contribution < -0.4 is 5.32 Å². The first-order valence-corrected chi connectivity index (χ1v) is 6.25. The normalized spacial score (nSPS) is 25.4. The van der Waals surface area contributed by atoms with Crippen LogP contribution in [0.3, 0.4) is 0 Å². The molecule has 0 saturated carbocycles. The fraction of sp³-hybridized carbons (Fsp3) is 0.917. The van der Waals surface area contributed by atoms with Gasteiger partial charge in [-0.05, 0) is 13.3 Å². The summed E-state index contributed by atoms with van der Waals surface area (Å²) in [6.07, 6.45) is 0.694. The van der Waals surface area contributed by atoms with E-state index in [9.17, 15) is 9.90 Å². The van der Waals surface area contributed by atoms with Crippen molar-refractivity contribution in [1.29, 1.82) is 0 Å². The summed E-state index contributed by atoms with van der Waals surface area (Å²) in [6, 6.07) is -0.156. The third kappa shape index (κ3) is 3.94. The summed E-state index contributed by atoms with van der Waals surface area (Å²) < 4.78 is 0. The van der Waals surface area contributed by atoms with Crippen LogP contribution in [0.2, 0.25) is 0 Å². The van der Waals surface area contributed by atoms with Gasteiger partial charge in [-0.1, -0.05) is 6.92 Å². The quantitative estimate of drug-likeness (QED) is 0.699. The zero-order valence-corrected chi connectivity index (χ0v) is 11.4. The molecule has 2 N–H and O–H groups in total. The molecule has 1 heterocycles. The Bertz CT molecular complexity index is 266. The molecule has 17 heavy (non-hydrogen) atoms. The van der Waals surface area contributed by atoms with Gasteiger partial charge < -0.3 is 15.3 Å². The van der Waals surface area contributed by atoms with E-state index >= 15 is 0 Å². The predicted molar refractivity (Wildman–Crippen MR) is 67.8 cm³/mol. The van der Waals surface area contributed by atoms with Crippen molar-refractivity contribution in [1.82, 2.24) is 15.1 Å². The fourth-order valence-electron chi connectivity index (χ4n) is 2.03. The number of aliphatic hydroxyl groups is 1. The summed E-state index contributed by atoms with van der Waals surface area (Å²) in [7, 11) is 3.54. The van der Waals surface area contributed by atoms with Crippen LogP contribution in [0.15, 0.2) is 0 Å². The van der Waals surface area contributed by atoms with E-state index in [1.165, 1.54) is 0 Å². The second-order valence-corrected chi connectivity index (χ2v) is 5.27. The highest BCUT2D eigenvalue weighted by atomic mass is 16.3. The molecule has 0 radical (unpaired) electrons. The lowest BCUT2D eigenvalue weighted by Gasteiger charge is -2.40. The average Bonchev–Trinajstić information content (AvgIpc) is 2.28. The second kappa shape index (κ2) is 5.80. The van der Waals surface area contributed by atoms with Crippen LogP contribution in [0.4, 0.5) is 0 Å². The van der Waals surface area contributed by atoms with Crippen molar-refractivity contribution in [2.75, 3.05) is 40.3 Å². The van der Waals surface area contributed by atoms with Gasteiger partial charge in [0.15, 0.2) is 0 Å². The van der Waals surface area contributed by atoms with E-state index < -0.39 is 5.60 Å². The van der Waals surface area contributed by atoms with Gasteiger partial charge in [0.25, 0.3) is 0 Å². The summed E-state index contributed by atoms with van der Waals surface area (Å²) in [6.45, 7) is 6.68. The predicted octanol–water partition coefficient (Wildman–Crippen LogP) is -0.491. The summed E-state index contributed by atoms with van der Waals surface area (Å²) in [4.78, 5) is 15.7. The van der Waals surface area contributed by atoms with E-state index in [0.717, 1.165) is 13.1 Å². The highest BCUT2D eigenvalue weighted by Crippen LogP contribution is 2.15. The zero-order valence-electron chi connectivity index (χ0n) is 11.4. The third-order valence-electron chi connectivity index (χ3n) is 3.39. The highest BCUT2D eigenvalue weighted by molar-refractivity contribution is 5.81. The van der Waals surface area contributed by atoms with E-state index in [4.69, 9.17) is 0 Å². The molecule has 1 aliphatic rings. The van der Waals surface area contributed by atoms with Crippen molar-refractivity contribution >= 4 is 5.91 Å². The van der Waals surface area contributed by atoms with Crippen molar-refractivity contribution in [2.45, 2.75) is 31.9 Å². The zero-order chi connectivity index (χ0) is 13.1. The number of hydrogen-bond donors (Lipinski definition) is 2. The lowest BCUT2D eigenvalue weighted by molar-refractivity contribution is -0.136. The number of piperazine rings is 1. The molecule has 0 aromatic rings. The Balaban J connectivity index is 2.69. The molecule has 0 spiro atoms. The van der Waals surface area contributed by atoms with Gasteiger partial charge >= 0.3 is 0 Å². The van der Waals surface area contributed by atoms with E-state index in [1.807, 2.05) is 13.8 Å². The van der Waals surface area contributed by atoms with Crippen LogP contribution in [0, 0.1) is 0 Å². The molecule has 5 nitrogen and oxygen atoms in total. The monoisotopic (exact) mass is 243 g/mol. The van der Waals surface area contributed by atoms with Gasteiger partial charge in [-0.25, -0.2) is 0 Å². The minimum atomic E-state index is -0.720. The topological polar surface area (TPSA) is 55.8 Å². The van der Waals surface area contributed by atoms with Gasteiger partial charge in [-0.2, -0.15) is 0 Å². The molecule has 1 fully saturated rings. The Morgan fingerprint density at radius 1 is 1.59 bits per heavy atom. The minimum absolute atomic E-state index is 0.101. The van der Waals surface area contributed by atoms with Crippen LogP contribution in [0.1, 0.15) is 20.3 Å². The number of nitrogens with zero attached hydrogens (tertiary/aromatic N) is 2. The molecule has 0 aromatic carbocycles. The summed E-state index contributed by atoms with van der Waals surface area (Å²) in [5, 5.41) is 13.4. The lowest BCUT2D eigenvalue weighted by Crippen LogP contribution is -2.60. The van der Waals surface area contributed by atoms with E-state index in [2.05, 4.69) is 10.2 Å². The van der Waals surface area contributed by atoms with Crippen molar-refractivity contribution in [3.63, 3.8) is 0 Å². The Morgan fingerprint density at radius 2 is 2.24 bits per heavy atom. The summed E-state index contributed by atoms with van der Waals surface area (Å²) >= 11 is 0. The molecule has 0 aromatic heterocycles. The molecular weight excluding hydrogens is 218 g/mol. The molecule has 0 bridgehead atoms. The number of amides is 1. The van der Waals surface area contributed by atoms with Gasteiger partial charge in [0.05, 0.1) is 5.60 Å². The standard InChI is InChI=1S/C12H25N3O2/c1-5-12(2,17)9-15-7-6-13-8-10(15)11(16)14(3)4/h10,13,17H,5-9H2,1-4H3. The molecule has 0 aliphatic carbocycles. The van der Waals surface area contributed by atoms with Crippen molar-refractivity contribution in [3.8, 4) is 0 Å². The molecule has 1 saturated heterocycles. The van der Waals surface area contributed by atoms with E-state index in [-0.39, 0.29) is 11.9 Å². The minimum Gasteiger partial charge on any atom is -0.389 e. The van der Waals surface area contributed by atoms with E-state index in [1.54, 1.807) is 19.0 Å². The van der Waals surface area contributed by atoms with E-state index in [0.29, 0.717) is 19.5 Å². The number of likely N-dealkylation sites (N-methyl/N-ethyl adjacent to an activating group) is 1. The first-order chi connectivity index (χ1) is 7.87. The third-order valence-corrected chi connectivity index (χ3v) is 3.39. The number of carbonyl (C=O) groups excluding carboxylic acids is 1. The largest absolute Gasteiger partial charge is 0.389 e. The maximum absolute atomic E-state index is 12.0. The van der Waals surface area contributed by atoms with Gasteiger partial charge in [-0.3, -0.25) is 9.69 Å². The molecule has 2 unspecified atom stereocenters. The number of rotatable bonds is 4. The first kappa shape index (κ1) is 14.4.